The number of hydrogen-bond acceptors (Lipinski definition) is 4. The van der Waals surface area contributed by atoms with Crippen LogP contribution in [0.4, 0.5) is 10.5 Å². The molecule has 0 saturated carbocycles. The lowest BCUT2D eigenvalue weighted by atomic mass is 10.3. The van der Waals surface area contributed by atoms with Crippen molar-refractivity contribution in [2.45, 2.75) is 0 Å². The lowest BCUT2D eigenvalue weighted by molar-refractivity contribution is 0.187. The van der Waals surface area contributed by atoms with Crippen LogP contribution in [0.3, 0.4) is 0 Å². The molecule has 1 heterocycles. The fourth-order valence-corrected chi connectivity index (χ4v) is 0.738. The number of ether oxygens (including phenoxy) is 1. The SMILES string of the molecule is COC(=O)Nc1cncc(C#N)c1. The normalized spacial score (nSPS) is 8.62. The van der Waals surface area contributed by atoms with Crippen molar-refractivity contribution < 1.29 is 9.53 Å². The Bertz CT molecular complexity index is 357. The molecule has 0 radical (unpaired) electrons. The van der Waals surface area contributed by atoms with E-state index in [1.165, 1.54) is 25.6 Å². The van der Waals surface area contributed by atoms with E-state index >= 15 is 0 Å². The predicted molar refractivity (Wildman–Crippen MR) is 45.0 cm³/mol. The van der Waals surface area contributed by atoms with Crippen molar-refractivity contribution >= 4 is 11.8 Å². The average Bonchev–Trinajstić information content (AvgIpc) is 2.18. The van der Waals surface area contributed by atoms with Gasteiger partial charge < -0.3 is 4.74 Å². The van der Waals surface area contributed by atoms with Crippen LogP contribution in [-0.2, 0) is 4.74 Å². The minimum Gasteiger partial charge on any atom is -0.453 e. The summed E-state index contributed by atoms with van der Waals surface area (Å²) in [7, 11) is 1.26. The van der Waals surface area contributed by atoms with Crippen molar-refractivity contribution in [3.05, 3.63) is 24.0 Å². The van der Waals surface area contributed by atoms with Gasteiger partial charge in [0.2, 0.25) is 0 Å². The highest BCUT2D eigenvalue weighted by molar-refractivity contribution is 5.84. The third-order valence-corrected chi connectivity index (χ3v) is 1.30. The van der Waals surface area contributed by atoms with Crippen LogP contribution < -0.4 is 5.32 Å². The Morgan fingerprint density at radius 3 is 3.08 bits per heavy atom. The number of nitrogens with one attached hydrogen (secondary N) is 1. The first-order valence-corrected chi connectivity index (χ1v) is 3.46. The van der Waals surface area contributed by atoms with Gasteiger partial charge in [-0.1, -0.05) is 0 Å². The Morgan fingerprint density at radius 2 is 2.46 bits per heavy atom. The first kappa shape index (κ1) is 9.00. The first-order chi connectivity index (χ1) is 6.26. The van der Waals surface area contributed by atoms with Crippen molar-refractivity contribution in [2.75, 3.05) is 12.4 Å². The Hall–Kier alpha value is -2.09. The highest BCUT2D eigenvalue weighted by Gasteiger charge is 2.00. The first-order valence-electron chi connectivity index (χ1n) is 3.46. The van der Waals surface area contributed by atoms with Crippen molar-refractivity contribution in [3.63, 3.8) is 0 Å². The summed E-state index contributed by atoms with van der Waals surface area (Å²) in [5, 5.41) is 10.9. The van der Waals surface area contributed by atoms with E-state index in [0.29, 0.717) is 11.3 Å². The molecule has 0 fully saturated rings. The number of anilines is 1. The second kappa shape index (κ2) is 4.07. The number of carbonyl (C=O) groups is 1. The number of carbonyl (C=O) groups excluding carboxylic acids is 1. The summed E-state index contributed by atoms with van der Waals surface area (Å²) >= 11 is 0. The molecule has 5 nitrogen and oxygen atoms in total. The van der Waals surface area contributed by atoms with Gasteiger partial charge in [0.1, 0.15) is 6.07 Å². The van der Waals surface area contributed by atoms with E-state index in [0.717, 1.165) is 0 Å². The average molecular weight is 177 g/mol. The Morgan fingerprint density at radius 1 is 1.69 bits per heavy atom. The number of pyridine rings is 1. The summed E-state index contributed by atoms with van der Waals surface area (Å²) < 4.78 is 4.37. The number of hydrogen-bond donors (Lipinski definition) is 1. The molecular formula is C8H7N3O2. The van der Waals surface area contributed by atoms with Crippen LogP contribution in [-0.4, -0.2) is 18.2 Å². The molecule has 13 heavy (non-hydrogen) atoms. The maximum Gasteiger partial charge on any atom is 0.411 e. The van der Waals surface area contributed by atoms with Gasteiger partial charge >= 0.3 is 6.09 Å². The molecule has 1 aromatic heterocycles. The number of aromatic nitrogens is 1. The van der Waals surface area contributed by atoms with Gasteiger partial charge in [-0.15, -0.1) is 0 Å². The molecule has 0 atom stereocenters. The lowest BCUT2D eigenvalue weighted by Gasteiger charge is -2.01. The summed E-state index contributed by atoms with van der Waals surface area (Å²) in [5.74, 6) is 0. The molecule has 1 N–H and O–H groups in total. The molecule has 66 valence electrons. The van der Waals surface area contributed by atoms with Crippen molar-refractivity contribution in [2.24, 2.45) is 0 Å². The topological polar surface area (TPSA) is 75.0 Å². The molecule has 1 amide bonds. The van der Waals surface area contributed by atoms with Crippen LogP contribution in [0.25, 0.3) is 0 Å². The second-order valence-corrected chi connectivity index (χ2v) is 2.19. The number of nitriles is 1. The van der Waals surface area contributed by atoms with Gasteiger partial charge in [0.05, 0.1) is 24.6 Å². The molecule has 0 spiro atoms. The molecule has 1 aromatic rings. The van der Waals surface area contributed by atoms with Crippen LogP contribution in [0.5, 0.6) is 0 Å². The summed E-state index contributed by atoms with van der Waals surface area (Å²) in [5.41, 5.74) is 0.819. The van der Waals surface area contributed by atoms with E-state index in [4.69, 9.17) is 5.26 Å². The highest BCUT2D eigenvalue weighted by Crippen LogP contribution is 2.07. The predicted octanol–water partition coefficient (Wildman–Crippen LogP) is 1.13. The molecule has 0 saturated heterocycles. The van der Waals surface area contributed by atoms with E-state index in [2.05, 4.69) is 15.0 Å². The molecule has 0 aromatic carbocycles. The monoisotopic (exact) mass is 177 g/mol. The molecule has 0 aliphatic heterocycles. The minimum absolute atomic E-state index is 0.383. The Kier molecular flexibility index (Phi) is 2.82. The number of methoxy groups -OCH3 is 1. The Balaban J connectivity index is 2.79. The zero-order valence-corrected chi connectivity index (χ0v) is 6.94. The molecule has 0 unspecified atom stereocenters. The van der Waals surface area contributed by atoms with Crippen molar-refractivity contribution in [3.8, 4) is 6.07 Å². The maximum absolute atomic E-state index is 10.7. The van der Waals surface area contributed by atoms with Gasteiger partial charge in [-0.25, -0.2) is 4.79 Å². The zero-order chi connectivity index (χ0) is 9.68. The fourth-order valence-electron chi connectivity index (χ4n) is 0.738. The smallest absolute Gasteiger partial charge is 0.411 e. The number of nitrogens with zero attached hydrogens (tertiary/aromatic N) is 2. The largest absolute Gasteiger partial charge is 0.453 e. The zero-order valence-electron chi connectivity index (χ0n) is 6.94. The van der Waals surface area contributed by atoms with Gasteiger partial charge in [0.25, 0.3) is 0 Å². The van der Waals surface area contributed by atoms with E-state index in [1.54, 1.807) is 0 Å². The molecule has 0 aliphatic carbocycles. The quantitative estimate of drug-likeness (QED) is 0.697. The fraction of sp³-hybridized carbons (Fsp3) is 0.125. The van der Waals surface area contributed by atoms with E-state index < -0.39 is 6.09 Å². The van der Waals surface area contributed by atoms with Gasteiger partial charge in [-0.2, -0.15) is 5.26 Å². The second-order valence-electron chi connectivity index (χ2n) is 2.19. The van der Waals surface area contributed by atoms with Crippen LogP contribution in [0.2, 0.25) is 0 Å². The lowest BCUT2D eigenvalue weighted by Crippen LogP contribution is -2.11. The van der Waals surface area contributed by atoms with Gasteiger partial charge in [0, 0.05) is 6.20 Å². The minimum atomic E-state index is -0.586. The van der Waals surface area contributed by atoms with E-state index in [9.17, 15) is 4.79 Å². The third kappa shape index (κ3) is 2.45. The highest BCUT2D eigenvalue weighted by atomic mass is 16.5. The summed E-state index contributed by atoms with van der Waals surface area (Å²) in [6.45, 7) is 0. The number of rotatable bonds is 1. The van der Waals surface area contributed by atoms with Crippen LogP contribution in [0.1, 0.15) is 5.56 Å². The van der Waals surface area contributed by atoms with Gasteiger partial charge in [-0.3, -0.25) is 10.3 Å². The van der Waals surface area contributed by atoms with Crippen molar-refractivity contribution in [1.82, 2.24) is 4.98 Å². The number of amides is 1. The van der Waals surface area contributed by atoms with E-state index in [1.807, 2.05) is 6.07 Å². The maximum atomic E-state index is 10.7. The molecular weight excluding hydrogens is 170 g/mol. The van der Waals surface area contributed by atoms with Gasteiger partial charge in [-0.05, 0) is 6.07 Å². The van der Waals surface area contributed by atoms with E-state index in [-0.39, 0.29) is 0 Å². The Labute approximate surface area is 75.0 Å². The van der Waals surface area contributed by atoms with Crippen LogP contribution in [0.15, 0.2) is 18.5 Å². The van der Waals surface area contributed by atoms with Crippen LogP contribution >= 0.6 is 0 Å². The summed E-state index contributed by atoms with van der Waals surface area (Å²) in [6, 6.07) is 3.41. The van der Waals surface area contributed by atoms with Crippen molar-refractivity contribution in [1.29, 1.82) is 5.26 Å². The molecule has 0 aliphatic rings. The molecule has 0 bridgehead atoms. The summed E-state index contributed by atoms with van der Waals surface area (Å²) in [6.07, 6.45) is 2.25. The molecule has 5 heteroatoms. The molecule has 1 rings (SSSR count). The summed E-state index contributed by atoms with van der Waals surface area (Å²) in [4.78, 5) is 14.5. The van der Waals surface area contributed by atoms with Crippen LogP contribution in [0, 0.1) is 11.3 Å². The standard InChI is InChI=1S/C8H7N3O2/c1-13-8(12)11-7-2-6(3-9)4-10-5-7/h2,4-5H,1H3,(H,11,12). The van der Waals surface area contributed by atoms with Gasteiger partial charge in [0.15, 0.2) is 0 Å². The third-order valence-electron chi connectivity index (χ3n) is 1.30.